The summed E-state index contributed by atoms with van der Waals surface area (Å²) in [5.74, 6) is 1.40. The van der Waals surface area contributed by atoms with Crippen molar-refractivity contribution in [2.75, 3.05) is 13.1 Å². The number of imidazole rings is 1. The third kappa shape index (κ3) is 2.69. The Balaban J connectivity index is 1.23. The summed E-state index contributed by atoms with van der Waals surface area (Å²) >= 11 is 0. The van der Waals surface area contributed by atoms with Crippen LogP contribution >= 0.6 is 0 Å². The first-order valence-electron chi connectivity index (χ1n) is 10.7. The van der Waals surface area contributed by atoms with Crippen LogP contribution in [-0.4, -0.2) is 50.5 Å². The zero-order valence-corrected chi connectivity index (χ0v) is 16.4. The van der Waals surface area contributed by atoms with Crippen molar-refractivity contribution < 1.29 is 4.79 Å². The third-order valence-electron chi connectivity index (χ3n) is 7.19. The zero-order chi connectivity index (χ0) is 19.4. The number of aromatic nitrogens is 3. The maximum absolute atomic E-state index is 13.3. The molecule has 6 rings (SSSR count). The number of fused-ring (bicyclic) bond motifs is 6. The Morgan fingerprint density at radius 1 is 1.07 bits per heavy atom. The van der Waals surface area contributed by atoms with Crippen molar-refractivity contribution in [1.82, 2.24) is 24.8 Å². The predicted octanol–water partition coefficient (Wildman–Crippen LogP) is 2.50. The lowest BCUT2D eigenvalue weighted by atomic mass is 9.82. The highest BCUT2D eigenvalue weighted by Crippen LogP contribution is 2.47. The van der Waals surface area contributed by atoms with Crippen LogP contribution in [0.25, 0.3) is 11.2 Å². The molecule has 6 nitrogen and oxygen atoms in total. The van der Waals surface area contributed by atoms with Gasteiger partial charge in [-0.1, -0.05) is 30.3 Å². The van der Waals surface area contributed by atoms with Crippen LogP contribution in [-0.2, 0) is 13.0 Å². The van der Waals surface area contributed by atoms with Crippen LogP contribution in [0.15, 0.2) is 48.9 Å². The van der Waals surface area contributed by atoms with Gasteiger partial charge in [0.25, 0.3) is 5.91 Å². The molecule has 0 spiro atoms. The highest BCUT2D eigenvalue weighted by Gasteiger charge is 2.56. The van der Waals surface area contributed by atoms with E-state index in [1.165, 1.54) is 5.56 Å². The number of hydrogen-bond acceptors (Lipinski definition) is 4. The number of amides is 1. The van der Waals surface area contributed by atoms with Gasteiger partial charge in [-0.25, -0.2) is 9.97 Å². The van der Waals surface area contributed by atoms with Gasteiger partial charge >= 0.3 is 0 Å². The molecule has 0 unspecified atom stereocenters. The first kappa shape index (κ1) is 17.2. The van der Waals surface area contributed by atoms with Crippen molar-refractivity contribution in [1.29, 1.82) is 0 Å². The third-order valence-corrected chi connectivity index (χ3v) is 7.19. The number of carbonyl (C=O) groups is 1. The van der Waals surface area contributed by atoms with Gasteiger partial charge in [0, 0.05) is 37.9 Å². The number of nitrogens with zero attached hydrogens (tertiary/aromatic N) is 4. The molecular formula is C23H25N5O. The average molecular weight is 387 g/mol. The molecule has 0 radical (unpaired) electrons. The number of aryl methyl sites for hydroxylation is 2. The Morgan fingerprint density at radius 2 is 1.83 bits per heavy atom. The molecule has 1 amide bonds. The van der Waals surface area contributed by atoms with E-state index in [1.807, 2.05) is 18.5 Å². The first-order chi connectivity index (χ1) is 14.3. The van der Waals surface area contributed by atoms with Crippen LogP contribution in [0.3, 0.4) is 0 Å². The van der Waals surface area contributed by atoms with Crippen molar-refractivity contribution in [3.8, 4) is 0 Å². The van der Waals surface area contributed by atoms with E-state index < -0.39 is 0 Å². The predicted molar refractivity (Wildman–Crippen MR) is 111 cm³/mol. The topological polar surface area (TPSA) is 63.1 Å². The molecular weight excluding hydrogens is 362 g/mol. The van der Waals surface area contributed by atoms with Crippen LogP contribution in [0, 0.1) is 11.8 Å². The van der Waals surface area contributed by atoms with Crippen LogP contribution in [0.2, 0.25) is 0 Å². The fraction of sp³-hybridized carbons (Fsp3) is 0.435. The number of nitrogens with one attached hydrogen (secondary N) is 1. The van der Waals surface area contributed by atoms with Gasteiger partial charge in [-0.2, -0.15) is 0 Å². The number of rotatable bonds is 4. The van der Waals surface area contributed by atoms with Crippen molar-refractivity contribution in [2.24, 2.45) is 11.8 Å². The van der Waals surface area contributed by atoms with Crippen molar-refractivity contribution in [2.45, 2.75) is 37.9 Å². The molecule has 3 fully saturated rings. The summed E-state index contributed by atoms with van der Waals surface area (Å²) in [7, 11) is 0. The number of pyridine rings is 1. The van der Waals surface area contributed by atoms with E-state index in [2.05, 4.69) is 49.0 Å². The van der Waals surface area contributed by atoms with Gasteiger partial charge in [0.1, 0.15) is 5.52 Å². The molecule has 3 aromatic rings. The summed E-state index contributed by atoms with van der Waals surface area (Å²) in [5.41, 5.74) is 3.63. The lowest BCUT2D eigenvalue weighted by molar-refractivity contribution is 0.0709. The van der Waals surface area contributed by atoms with Gasteiger partial charge in [0.15, 0.2) is 5.65 Å². The summed E-state index contributed by atoms with van der Waals surface area (Å²) in [6.07, 6.45) is 6.80. The van der Waals surface area contributed by atoms with Crippen LogP contribution < -0.4 is 5.32 Å². The fourth-order valence-corrected chi connectivity index (χ4v) is 5.84. The molecule has 3 aliphatic heterocycles. The minimum Gasteiger partial charge on any atom is -0.332 e. The average Bonchev–Trinajstić information content (AvgIpc) is 3.53. The van der Waals surface area contributed by atoms with Gasteiger partial charge in [0.05, 0.1) is 11.9 Å². The second kappa shape index (κ2) is 6.66. The number of benzene rings is 1. The lowest BCUT2D eigenvalue weighted by Gasteiger charge is -2.24. The van der Waals surface area contributed by atoms with Gasteiger partial charge in [-0.05, 0) is 42.7 Å². The van der Waals surface area contributed by atoms with Crippen molar-refractivity contribution in [3.05, 3.63) is 60.0 Å². The van der Waals surface area contributed by atoms with Crippen LogP contribution in [0.4, 0.5) is 0 Å². The summed E-state index contributed by atoms with van der Waals surface area (Å²) < 4.78 is 2.08. The normalized spacial score (nSPS) is 27.7. The molecule has 29 heavy (non-hydrogen) atoms. The maximum atomic E-state index is 13.3. The van der Waals surface area contributed by atoms with E-state index in [0.29, 0.717) is 29.5 Å². The summed E-state index contributed by atoms with van der Waals surface area (Å²) in [5, 5.41) is 3.51. The van der Waals surface area contributed by atoms with Crippen molar-refractivity contribution >= 4 is 17.1 Å². The van der Waals surface area contributed by atoms with E-state index in [4.69, 9.17) is 0 Å². The van der Waals surface area contributed by atoms with E-state index >= 15 is 0 Å². The highest BCUT2D eigenvalue weighted by molar-refractivity contribution is 5.97. The van der Waals surface area contributed by atoms with E-state index in [9.17, 15) is 4.79 Å². The van der Waals surface area contributed by atoms with Gasteiger partial charge in [0.2, 0.25) is 0 Å². The van der Waals surface area contributed by atoms with E-state index in [0.717, 1.165) is 50.1 Å². The standard InChI is InChI=1S/C23H25N5O/c29-23(28-20-6-7-21(28)18-13-24-12-17(18)20)16-10-19-22(25-11-16)27(14-26-19)9-8-15-4-2-1-3-5-15/h1-5,10-11,14,17-18,20-21,24H,6-9,12-13H2/t17-,18+,20-,21+. The molecule has 3 aliphatic rings. The van der Waals surface area contributed by atoms with Crippen LogP contribution in [0.1, 0.15) is 28.8 Å². The molecule has 5 heterocycles. The Bertz CT molecular complexity index is 1040. The Morgan fingerprint density at radius 3 is 2.59 bits per heavy atom. The summed E-state index contributed by atoms with van der Waals surface area (Å²) in [6, 6.07) is 13.2. The summed E-state index contributed by atoms with van der Waals surface area (Å²) in [6.45, 7) is 2.94. The molecule has 2 bridgehead atoms. The number of carbonyl (C=O) groups excluding carboxylic acids is 1. The smallest absolute Gasteiger partial charge is 0.256 e. The second-order valence-corrected chi connectivity index (χ2v) is 8.65. The lowest BCUT2D eigenvalue weighted by Crippen LogP contribution is -2.39. The Labute approximate surface area is 169 Å². The molecule has 6 heteroatoms. The second-order valence-electron chi connectivity index (χ2n) is 8.65. The molecule has 1 aromatic carbocycles. The monoisotopic (exact) mass is 387 g/mol. The summed E-state index contributed by atoms with van der Waals surface area (Å²) in [4.78, 5) is 24.7. The molecule has 0 aliphatic carbocycles. The maximum Gasteiger partial charge on any atom is 0.256 e. The molecule has 0 saturated carbocycles. The molecule has 3 saturated heterocycles. The first-order valence-corrected chi connectivity index (χ1v) is 10.7. The molecule has 148 valence electrons. The largest absolute Gasteiger partial charge is 0.332 e. The van der Waals surface area contributed by atoms with Gasteiger partial charge in [-0.3, -0.25) is 4.79 Å². The minimum atomic E-state index is 0.139. The van der Waals surface area contributed by atoms with Crippen molar-refractivity contribution in [3.63, 3.8) is 0 Å². The Hall–Kier alpha value is -2.73. The fourth-order valence-electron chi connectivity index (χ4n) is 5.84. The van der Waals surface area contributed by atoms with Crippen LogP contribution in [0.5, 0.6) is 0 Å². The van der Waals surface area contributed by atoms with E-state index in [-0.39, 0.29) is 5.91 Å². The molecule has 1 N–H and O–H groups in total. The molecule has 4 atom stereocenters. The SMILES string of the molecule is O=C(c1cnc2c(c1)ncn2CCc1ccccc1)N1[C@@H]2CC[C@H]1[C@H]1CNC[C@H]12. The van der Waals surface area contributed by atoms with E-state index in [1.54, 1.807) is 6.20 Å². The van der Waals surface area contributed by atoms with Gasteiger partial charge in [-0.15, -0.1) is 0 Å². The zero-order valence-electron chi connectivity index (χ0n) is 16.4. The number of hydrogen-bond donors (Lipinski definition) is 1. The Kier molecular flexibility index (Phi) is 3.94. The highest BCUT2D eigenvalue weighted by atomic mass is 16.2. The minimum absolute atomic E-state index is 0.139. The molecule has 2 aromatic heterocycles. The quantitative estimate of drug-likeness (QED) is 0.747. The van der Waals surface area contributed by atoms with Gasteiger partial charge < -0.3 is 14.8 Å².